The Morgan fingerprint density at radius 3 is 3.12 bits per heavy atom. The Balaban J connectivity index is 1.95. The van der Waals surface area contributed by atoms with E-state index < -0.39 is 0 Å². The standard InChI is InChI=1S/C13H23N3S/c1-10(2)16-7-3-4-11(16)8-13-15-9-12(17-13)5-6-14/h9-11H,3-8,14H2,1-2H3. The Labute approximate surface area is 108 Å². The van der Waals surface area contributed by atoms with Crippen molar-refractivity contribution in [1.82, 2.24) is 9.88 Å². The zero-order chi connectivity index (χ0) is 12.3. The van der Waals surface area contributed by atoms with E-state index in [1.165, 1.54) is 29.3 Å². The fourth-order valence-corrected chi connectivity index (χ4v) is 3.67. The van der Waals surface area contributed by atoms with Crippen LogP contribution in [0.1, 0.15) is 36.6 Å². The molecule has 0 spiro atoms. The first-order valence-corrected chi connectivity index (χ1v) is 7.41. The first-order valence-electron chi connectivity index (χ1n) is 6.60. The summed E-state index contributed by atoms with van der Waals surface area (Å²) in [6, 6.07) is 1.36. The van der Waals surface area contributed by atoms with Gasteiger partial charge < -0.3 is 5.73 Å². The molecule has 4 heteroatoms. The Morgan fingerprint density at radius 1 is 1.59 bits per heavy atom. The van der Waals surface area contributed by atoms with Gasteiger partial charge in [0.25, 0.3) is 0 Å². The van der Waals surface area contributed by atoms with Gasteiger partial charge in [-0.1, -0.05) is 0 Å². The molecule has 0 aliphatic carbocycles. The maximum Gasteiger partial charge on any atom is 0.0943 e. The van der Waals surface area contributed by atoms with Gasteiger partial charge in [-0.25, -0.2) is 4.98 Å². The molecule has 1 saturated heterocycles. The summed E-state index contributed by atoms with van der Waals surface area (Å²) in [6.45, 7) is 6.56. The van der Waals surface area contributed by atoms with Crippen molar-refractivity contribution in [3.63, 3.8) is 0 Å². The first kappa shape index (κ1) is 13.0. The van der Waals surface area contributed by atoms with Crippen LogP contribution in [0.3, 0.4) is 0 Å². The summed E-state index contributed by atoms with van der Waals surface area (Å²) < 4.78 is 0. The molecule has 2 N–H and O–H groups in total. The van der Waals surface area contributed by atoms with Gasteiger partial charge in [-0.05, 0) is 46.2 Å². The highest BCUT2D eigenvalue weighted by Gasteiger charge is 2.27. The molecular weight excluding hydrogens is 230 g/mol. The normalized spacial score (nSPS) is 21.5. The van der Waals surface area contributed by atoms with E-state index in [2.05, 4.69) is 23.7 Å². The van der Waals surface area contributed by atoms with Crippen molar-refractivity contribution in [1.29, 1.82) is 0 Å². The number of hydrogen-bond acceptors (Lipinski definition) is 4. The quantitative estimate of drug-likeness (QED) is 0.873. The molecule has 2 rings (SSSR count). The summed E-state index contributed by atoms with van der Waals surface area (Å²) in [4.78, 5) is 8.47. The lowest BCUT2D eigenvalue weighted by Crippen LogP contribution is -2.36. The van der Waals surface area contributed by atoms with Crippen LogP contribution < -0.4 is 5.73 Å². The minimum Gasteiger partial charge on any atom is -0.330 e. The molecule has 1 atom stereocenters. The molecule has 0 bridgehead atoms. The van der Waals surface area contributed by atoms with Gasteiger partial charge in [0.05, 0.1) is 5.01 Å². The summed E-state index contributed by atoms with van der Waals surface area (Å²) in [7, 11) is 0. The number of nitrogens with two attached hydrogens (primary N) is 1. The van der Waals surface area contributed by atoms with E-state index in [-0.39, 0.29) is 0 Å². The van der Waals surface area contributed by atoms with Crippen molar-refractivity contribution >= 4 is 11.3 Å². The van der Waals surface area contributed by atoms with Gasteiger partial charge in [-0.2, -0.15) is 0 Å². The lowest BCUT2D eigenvalue weighted by Gasteiger charge is -2.27. The summed E-state index contributed by atoms with van der Waals surface area (Å²) in [5.41, 5.74) is 5.57. The van der Waals surface area contributed by atoms with Crippen LogP contribution in [0.5, 0.6) is 0 Å². The van der Waals surface area contributed by atoms with E-state index >= 15 is 0 Å². The molecule has 1 unspecified atom stereocenters. The number of hydrogen-bond donors (Lipinski definition) is 1. The van der Waals surface area contributed by atoms with Crippen LogP contribution in [0.2, 0.25) is 0 Å². The van der Waals surface area contributed by atoms with E-state index in [0.29, 0.717) is 12.1 Å². The first-order chi connectivity index (χ1) is 8.20. The summed E-state index contributed by atoms with van der Waals surface area (Å²) in [5.74, 6) is 0. The Bertz CT molecular complexity index is 348. The molecule has 1 aliphatic rings. The molecule has 1 fully saturated rings. The van der Waals surface area contributed by atoms with Gasteiger partial charge in [-0.3, -0.25) is 4.90 Å². The van der Waals surface area contributed by atoms with Gasteiger partial charge in [0, 0.05) is 29.6 Å². The number of thiazole rings is 1. The third kappa shape index (κ3) is 3.27. The van der Waals surface area contributed by atoms with Crippen molar-refractivity contribution in [2.24, 2.45) is 5.73 Å². The summed E-state index contributed by atoms with van der Waals surface area (Å²) in [6.07, 6.45) is 6.75. The highest BCUT2D eigenvalue weighted by molar-refractivity contribution is 7.11. The molecule has 1 aliphatic heterocycles. The van der Waals surface area contributed by atoms with Crippen molar-refractivity contribution < 1.29 is 0 Å². The lowest BCUT2D eigenvalue weighted by atomic mass is 10.1. The second-order valence-corrected chi connectivity index (χ2v) is 6.29. The van der Waals surface area contributed by atoms with Crippen LogP contribution in [0, 0.1) is 0 Å². The molecule has 0 aromatic carbocycles. The number of likely N-dealkylation sites (tertiary alicyclic amines) is 1. The predicted molar refractivity (Wildman–Crippen MR) is 73.4 cm³/mol. The predicted octanol–water partition coefficient (Wildman–Crippen LogP) is 2.06. The average molecular weight is 253 g/mol. The van der Waals surface area contributed by atoms with Gasteiger partial charge >= 0.3 is 0 Å². The molecule has 2 heterocycles. The van der Waals surface area contributed by atoms with Crippen LogP contribution in [0.15, 0.2) is 6.20 Å². The van der Waals surface area contributed by atoms with Crippen molar-refractivity contribution in [3.8, 4) is 0 Å². The Kier molecular flexibility index (Phi) is 4.54. The monoisotopic (exact) mass is 253 g/mol. The second kappa shape index (κ2) is 5.94. The lowest BCUT2D eigenvalue weighted by molar-refractivity contribution is 0.202. The van der Waals surface area contributed by atoms with Crippen molar-refractivity contribution in [2.75, 3.05) is 13.1 Å². The fraction of sp³-hybridized carbons (Fsp3) is 0.769. The SMILES string of the molecule is CC(C)N1CCCC1Cc1ncc(CCN)s1. The number of nitrogens with zero attached hydrogens (tertiary/aromatic N) is 2. The van der Waals surface area contributed by atoms with Crippen LogP contribution in [0.25, 0.3) is 0 Å². The van der Waals surface area contributed by atoms with E-state index in [1.807, 2.05) is 17.5 Å². The van der Waals surface area contributed by atoms with Crippen LogP contribution in [0.4, 0.5) is 0 Å². The highest BCUT2D eigenvalue weighted by Crippen LogP contribution is 2.25. The molecule has 3 nitrogen and oxygen atoms in total. The zero-order valence-corrected chi connectivity index (χ0v) is 11.7. The molecule has 1 aromatic heterocycles. The van der Waals surface area contributed by atoms with Gasteiger partial charge in [0.15, 0.2) is 0 Å². The Hall–Kier alpha value is -0.450. The third-order valence-electron chi connectivity index (χ3n) is 3.49. The summed E-state index contributed by atoms with van der Waals surface area (Å²) in [5, 5.41) is 1.28. The smallest absolute Gasteiger partial charge is 0.0943 e. The topological polar surface area (TPSA) is 42.2 Å². The average Bonchev–Trinajstić information content (AvgIpc) is 2.89. The van der Waals surface area contributed by atoms with Crippen molar-refractivity contribution in [3.05, 3.63) is 16.1 Å². The van der Waals surface area contributed by atoms with E-state index in [9.17, 15) is 0 Å². The van der Waals surface area contributed by atoms with E-state index in [0.717, 1.165) is 19.4 Å². The van der Waals surface area contributed by atoms with Gasteiger partial charge in [0.1, 0.15) is 0 Å². The van der Waals surface area contributed by atoms with Gasteiger partial charge in [0.2, 0.25) is 0 Å². The molecular formula is C13H23N3S. The maximum absolute atomic E-state index is 5.57. The zero-order valence-electron chi connectivity index (χ0n) is 10.9. The summed E-state index contributed by atoms with van der Waals surface area (Å²) >= 11 is 1.84. The van der Waals surface area contributed by atoms with E-state index in [4.69, 9.17) is 5.73 Å². The second-order valence-electron chi connectivity index (χ2n) is 5.09. The number of aromatic nitrogens is 1. The molecule has 0 radical (unpaired) electrons. The minimum absolute atomic E-state index is 0.658. The molecule has 0 saturated carbocycles. The Morgan fingerprint density at radius 2 is 2.41 bits per heavy atom. The molecule has 17 heavy (non-hydrogen) atoms. The highest BCUT2D eigenvalue weighted by atomic mass is 32.1. The van der Waals surface area contributed by atoms with Crippen LogP contribution >= 0.6 is 11.3 Å². The molecule has 0 amide bonds. The number of rotatable bonds is 5. The third-order valence-corrected chi connectivity index (χ3v) is 4.57. The maximum atomic E-state index is 5.57. The van der Waals surface area contributed by atoms with Crippen molar-refractivity contribution in [2.45, 2.75) is 51.6 Å². The fourth-order valence-electron chi connectivity index (χ4n) is 2.66. The minimum atomic E-state index is 0.658. The van der Waals surface area contributed by atoms with Gasteiger partial charge in [-0.15, -0.1) is 11.3 Å². The molecule has 96 valence electrons. The van der Waals surface area contributed by atoms with Crippen LogP contribution in [-0.2, 0) is 12.8 Å². The van der Waals surface area contributed by atoms with Crippen LogP contribution in [-0.4, -0.2) is 35.1 Å². The largest absolute Gasteiger partial charge is 0.330 e. The molecule has 1 aromatic rings. The van der Waals surface area contributed by atoms with E-state index in [1.54, 1.807) is 0 Å².